The van der Waals surface area contributed by atoms with Crippen molar-refractivity contribution in [3.8, 4) is 0 Å². The Balaban J connectivity index is 1.97. The molecule has 0 amide bonds. The first-order valence-corrected chi connectivity index (χ1v) is 4.62. The van der Waals surface area contributed by atoms with Crippen LogP contribution in [0.3, 0.4) is 0 Å². The number of aliphatic hydroxyl groups is 1. The van der Waals surface area contributed by atoms with E-state index in [0.717, 1.165) is 19.5 Å². The lowest BCUT2D eigenvalue weighted by atomic mass is 9.99. The smallest absolute Gasteiger partial charge is 0.0708 e. The topological polar surface area (TPSA) is 50.1 Å². The van der Waals surface area contributed by atoms with E-state index >= 15 is 0 Å². The normalized spacial score (nSPS) is 28.2. The number of β-amino-alcohol motifs (C(OH)–C–C–N with tert-alkyl or cyclic N) is 1. The highest BCUT2D eigenvalue weighted by Crippen LogP contribution is 2.14. The number of aliphatic hydroxyl groups excluding tert-OH is 1. The van der Waals surface area contributed by atoms with Crippen LogP contribution in [0.2, 0.25) is 0 Å². The molecule has 4 nitrogen and oxygen atoms in total. The lowest BCUT2D eigenvalue weighted by Gasteiger charge is -2.10. The maximum absolute atomic E-state index is 9.57. The summed E-state index contributed by atoms with van der Waals surface area (Å²) in [6.07, 6.45) is 4.60. The summed E-state index contributed by atoms with van der Waals surface area (Å²) < 4.78 is 1.80. The zero-order chi connectivity index (χ0) is 9.26. The quantitative estimate of drug-likeness (QED) is 0.649. The highest BCUT2D eigenvalue weighted by Gasteiger charge is 2.24. The molecule has 0 spiro atoms. The molecule has 4 heteroatoms. The van der Waals surface area contributed by atoms with Gasteiger partial charge in [0.2, 0.25) is 0 Å². The molecule has 1 fully saturated rings. The minimum atomic E-state index is -0.194. The summed E-state index contributed by atoms with van der Waals surface area (Å²) in [5.41, 5.74) is 1.20. The first kappa shape index (κ1) is 8.72. The van der Waals surface area contributed by atoms with Gasteiger partial charge in [-0.05, 0) is 12.0 Å². The highest BCUT2D eigenvalue weighted by molar-refractivity contribution is 5.06. The van der Waals surface area contributed by atoms with Gasteiger partial charge in [0, 0.05) is 32.3 Å². The van der Waals surface area contributed by atoms with Crippen molar-refractivity contribution in [2.24, 2.45) is 13.0 Å². The second-order valence-corrected chi connectivity index (χ2v) is 3.71. The van der Waals surface area contributed by atoms with Gasteiger partial charge in [-0.1, -0.05) is 0 Å². The number of rotatable bonds is 2. The summed E-state index contributed by atoms with van der Waals surface area (Å²) in [4.78, 5) is 0. The van der Waals surface area contributed by atoms with Gasteiger partial charge in [0.15, 0.2) is 0 Å². The number of aromatic nitrogens is 2. The zero-order valence-corrected chi connectivity index (χ0v) is 7.77. The van der Waals surface area contributed by atoms with Crippen LogP contribution in [0.15, 0.2) is 12.4 Å². The van der Waals surface area contributed by atoms with Crippen LogP contribution in [0.4, 0.5) is 0 Å². The van der Waals surface area contributed by atoms with Crippen LogP contribution in [-0.2, 0) is 13.5 Å². The molecule has 1 saturated heterocycles. The molecular weight excluding hydrogens is 166 g/mol. The minimum Gasteiger partial charge on any atom is -0.391 e. The first-order valence-electron chi connectivity index (χ1n) is 4.62. The number of aryl methyl sites for hydroxylation is 1. The number of hydrogen-bond donors (Lipinski definition) is 2. The molecule has 72 valence electrons. The predicted octanol–water partition coefficient (Wildman–Crippen LogP) is -0.457. The van der Waals surface area contributed by atoms with Gasteiger partial charge in [-0.2, -0.15) is 5.10 Å². The summed E-state index contributed by atoms with van der Waals surface area (Å²) in [5.74, 6) is 0.351. The largest absolute Gasteiger partial charge is 0.391 e. The minimum absolute atomic E-state index is 0.194. The van der Waals surface area contributed by atoms with Crippen molar-refractivity contribution >= 4 is 0 Å². The SMILES string of the molecule is Cn1cc(CC2CNCC2O)cn1. The van der Waals surface area contributed by atoms with Crippen LogP contribution in [0, 0.1) is 5.92 Å². The average molecular weight is 181 g/mol. The Bertz CT molecular complexity index is 284. The molecule has 2 atom stereocenters. The van der Waals surface area contributed by atoms with Gasteiger partial charge in [0.25, 0.3) is 0 Å². The van der Waals surface area contributed by atoms with E-state index in [-0.39, 0.29) is 6.10 Å². The molecule has 2 unspecified atom stereocenters. The fraction of sp³-hybridized carbons (Fsp3) is 0.667. The molecule has 0 bridgehead atoms. The molecule has 0 radical (unpaired) electrons. The van der Waals surface area contributed by atoms with Crippen LogP contribution in [0.1, 0.15) is 5.56 Å². The Morgan fingerprint density at radius 1 is 1.69 bits per heavy atom. The second kappa shape index (κ2) is 3.47. The first-order chi connectivity index (χ1) is 6.25. The van der Waals surface area contributed by atoms with E-state index in [2.05, 4.69) is 10.4 Å². The van der Waals surface area contributed by atoms with Crippen molar-refractivity contribution in [1.82, 2.24) is 15.1 Å². The van der Waals surface area contributed by atoms with Crippen LogP contribution in [0.5, 0.6) is 0 Å². The molecule has 1 aliphatic rings. The molecule has 1 aliphatic heterocycles. The number of nitrogens with zero attached hydrogens (tertiary/aromatic N) is 2. The Morgan fingerprint density at radius 3 is 3.08 bits per heavy atom. The summed E-state index contributed by atoms with van der Waals surface area (Å²) >= 11 is 0. The van der Waals surface area contributed by atoms with E-state index in [1.807, 2.05) is 19.4 Å². The van der Waals surface area contributed by atoms with Gasteiger partial charge in [-0.3, -0.25) is 4.68 Å². The molecule has 2 rings (SSSR count). The standard InChI is InChI=1S/C9H15N3O/c1-12-6-7(3-11-12)2-8-4-10-5-9(8)13/h3,6,8-10,13H,2,4-5H2,1H3. The van der Waals surface area contributed by atoms with E-state index in [9.17, 15) is 5.11 Å². The molecule has 0 aromatic carbocycles. The van der Waals surface area contributed by atoms with E-state index in [4.69, 9.17) is 0 Å². The van der Waals surface area contributed by atoms with E-state index in [1.54, 1.807) is 4.68 Å². The van der Waals surface area contributed by atoms with Crippen LogP contribution < -0.4 is 5.32 Å². The van der Waals surface area contributed by atoms with Crippen molar-refractivity contribution in [2.75, 3.05) is 13.1 Å². The molecule has 1 aromatic rings. The van der Waals surface area contributed by atoms with Crippen molar-refractivity contribution in [1.29, 1.82) is 0 Å². The maximum Gasteiger partial charge on any atom is 0.0708 e. The van der Waals surface area contributed by atoms with Gasteiger partial charge in [0.05, 0.1) is 12.3 Å². The van der Waals surface area contributed by atoms with Gasteiger partial charge >= 0.3 is 0 Å². The Morgan fingerprint density at radius 2 is 2.54 bits per heavy atom. The predicted molar refractivity (Wildman–Crippen MR) is 49.3 cm³/mol. The van der Waals surface area contributed by atoms with E-state index in [1.165, 1.54) is 5.56 Å². The molecular formula is C9H15N3O. The summed E-state index contributed by atoms with van der Waals surface area (Å²) in [6.45, 7) is 1.64. The zero-order valence-electron chi connectivity index (χ0n) is 7.77. The summed E-state index contributed by atoms with van der Waals surface area (Å²) in [5, 5.41) is 16.8. The second-order valence-electron chi connectivity index (χ2n) is 3.71. The van der Waals surface area contributed by atoms with Crippen LogP contribution in [-0.4, -0.2) is 34.1 Å². The lowest BCUT2D eigenvalue weighted by Crippen LogP contribution is -2.19. The third kappa shape index (κ3) is 1.89. The van der Waals surface area contributed by atoms with Gasteiger partial charge in [0.1, 0.15) is 0 Å². The van der Waals surface area contributed by atoms with Gasteiger partial charge < -0.3 is 10.4 Å². The van der Waals surface area contributed by atoms with Gasteiger partial charge in [-0.25, -0.2) is 0 Å². The molecule has 0 saturated carbocycles. The third-order valence-electron chi connectivity index (χ3n) is 2.56. The van der Waals surface area contributed by atoms with Crippen LogP contribution >= 0.6 is 0 Å². The number of nitrogens with one attached hydrogen (secondary N) is 1. The molecule has 1 aromatic heterocycles. The third-order valence-corrected chi connectivity index (χ3v) is 2.56. The molecule has 2 N–H and O–H groups in total. The monoisotopic (exact) mass is 181 g/mol. The van der Waals surface area contributed by atoms with E-state index in [0.29, 0.717) is 5.92 Å². The van der Waals surface area contributed by atoms with Crippen molar-refractivity contribution < 1.29 is 5.11 Å². The molecule has 13 heavy (non-hydrogen) atoms. The summed E-state index contributed by atoms with van der Waals surface area (Å²) in [7, 11) is 1.91. The van der Waals surface area contributed by atoms with Crippen LogP contribution in [0.25, 0.3) is 0 Å². The van der Waals surface area contributed by atoms with Crippen molar-refractivity contribution in [3.05, 3.63) is 18.0 Å². The molecule has 0 aliphatic carbocycles. The number of hydrogen-bond acceptors (Lipinski definition) is 3. The fourth-order valence-corrected chi connectivity index (χ4v) is 1.81. The highest BCUT2D eigenvalue weighted by atomic mass is 16.3. The fourth-order valence-electron chi connectivity index (χ4n) is 1.81. The lowest BCUT2D eigenvalue weighted by molar-refractivity contribution is 0.147. The Labute approximate surface area is 77.6 Å². The summed E-state index contributed by atoms with van der Waals surface area (Å²) in [6, 6.07) is 0. The Hall–Kier alpha value is -0.870. The van der Waals surface area contributed by atoms with Crippen molar-refractivity contribution in [2.45, 2.75) is 12.5 Å². The van der Waals surface area contributed by atoms with Crippen molar-refractivity contribution in [3.63, 3.8) is 0 Å². The average Bonchev–Trinajstić information content (AvgIpc) is 2.64. The maximum atomic E-state index is 9.57. The van der Waals surface area contributed by atoms with E-state index < -0.39 is 0 Å². The van der Waals surface area contributed by atoms with Gasteiger partial charge in [-0.15, -0.1) is 0 Å². The Kier molecular flexibility index (Phi) is 2.33. The molecule has 2 heterocycles.